The summed E-state index contributed by atoms with van der Waals surface area (Å²) in [4.78, 5) is 2.15. The van der Waals surface area contributed by atoms with E-state index in [2.05, 4.69) is 4.90 Å². The Morgan fingerprint density at radius 3 is 1.84 bits per heavy atom. The molecule has 0 radical (unpaired) electrons. The smallest absolute Gasteiger partial charge is 0.173 e. The highest BCUT2D eigenvalue weighted by molar-refractivity contribution is 5.46. The third-order valence-electron chi connectivity index (χ3n) is 6.34. The van der Waals surface area contributed by atoms with Crippen LogP contribution in [-0.4, -0.2) is 44.5 Å². The quantitative estimate of drug-likeness (QED) is 0.279. The zero-order chi connectivity index (χ0) is 26.3. The highest BCUT2D eigenvalue weighted by Gasteiger charge is 2.37. The molecule has 0 aliphatic carbocycles. The van der Waals surface area contributed by atoms with E-state index in [0.29, 0.717) is 60.4 Å². The Labute approximate surface area is 216 Å². The van der Waals surface area contributed by atoms with Gasteiger partial charge < -0.3 is 23.7 Å². The monoisotopic (exact) mass is 505 g/mol. The molecule has 6 nitrogen and oxygen atoms in total. The Morgan fingerprint density at radius 1 is 0.757 bits per heavy atom. The number of hydrogen-bond donors (Lipinski definition) is 1. The maximum absolute atomic E-state index is 13.4. The van der Waals surface area contributed by atoms with E-state index in [1.807, 2.05) is 54.6 Å². The van der Waals surface area contributed by atoms with Crippen molar-refractivity contribution in [3.8, 4) is 11.5 Å². The van der Waals surface area contributed by atoms with Gasteiger partial charge in [-0.2, -0.15) is 0 Å². The van der Waals surface area contributed by atoms with Crippen molar-refractivity contribution in [2.24, 2.45) is 0 Å². The van der Waals surface area contributed by atoms with E-state index in [4.69, 9.17) is 18.6 Å². The maximum Gasteiger partial charge on any atom is 0.173 e. The van der Waals surface area contributed by atoms with Crippen LogP contribution in [0.2, 0.25) is 0 Å². The third kappa shape index (κ3) is 6.20. The molecular weight excluding hydrogens is 473 g/mol. The number of methoxy groups -OCH3 is 3. The van der Waals surface area contributed by atoms with E-state index < -0.39 is 5.60 Å². The van der Waals surface area contributed by atoms with Crippen LogP contribution in [0.15, 0.2) is 89.3 Å². The van der Waals surface area contributed by atoms with E-state index >= 15 is 0 Å². The topological polar surface area (TPSA) is 64.3 Å². The van der Waals surface area contributed by atoms with Crippen LogP contribution >= 0.6 is 0 Å². The zero-order valence-corrected chi connectivity index (χ0v) is 21.3. The average Bonchev–Trinajstić information content (AvgIpc) is 3.41. The Hall–Kier alpha value is -3.65. The summed E-state index contributed by atoms with van der Waals surface area (Å²) in [5.74, 6) is 2.20. The lowest BCUT2D eigenvalue weighted by atomic mass is 9.84. The van der Waals surface area contributed by atoms with Crippen molar-refractivity contribution in [2.75, 3.05) is 34.5 Å². The second-order valence-corrected chi connectivity index (χ2v) is 8.76. The highest BCUT2D eigenvalue weighted by atomic mass is 19.1. The van der Waals surface area contributed by atoms with E-state index in [1.54, 1.807) is 39.5 Å². The van der Waals surface area contributed by atoms with Crippen molar-refractivity contribution in [1.82, 2.24) is 4.90 Å². The molecule has 7 heteroatoms. The molecule has 37 heavy (non-hydrogen) atoms. The number of aliphatic hydroxyl groups is 1. The molecule has 1 N–H and O–H groups in total. The predicted octanol–water partition coefficient (Wildman–Crippen LogP) is 5.37. The molecule has 4 aromatic rings. The Morgan fingerprint density at radius 2 is 1.32 bits per heavy atom. The molecule has 194 valence electrons. The van der Waals surface area contributed by atoms with Gasteiger partial charge in [0.1, 0.15) is 28.8 Å². The number of ether oxygens (including phenoxy) is 3. The van der Waals surface area contributed by atoms with Crippen LogP contribution in [0.5, 0.6) is 11.5 Å². The second kappa shape index (κ2) is 12.1. The summed E-state index contributed by atoms with van der Waals surface area (Å²) < 4.78 is 35.5. The second-order valence-electron chi connectivity index (χ2n) is 8.76. The van der Waals surface area contributed by atoms with Crippen molar-refractivity contribution in [1.29, 1.82) is 0 Å². The summed E-state index contributed by atoms with van der Waals surface area (Å²) in [6.07, 6.45) is 0. The van der Waals surface area contributed by atoms with Gasteiger partial charge in [0, 0.05) is 20.2 Å². The van der Waals surface area contributed by atoms with Crippen molar-refractivity contribution >= 4 is 0 Å². The molecule has 0 spiro atoms. The molecule has 0 aliphatic heterocycles. The first-order valence-electron chi connectivity index (χ1n) is 12.0. The van der Waals surface area contributed by atoms with Crippen LogP contribution < -0.4 is 9.47 Å². The molecule has 0 atom stereocenters. The fraction of sp³-hybridized carbons (Fsp3) is 0.267. The van der Waals surface area contributed by atoms with Crippen LogP contribution in [0.25, 0.3) is 0 Å². The molecule has 4 rings (SSSR count). The van der Waals surface area contributed by atoms with Crippen molar-refractivity contribution < 1.29 is 28.1 Å². The number of nitrogens with zero attached hydrogens (tertiary/aromatic N) is 1. The summed E-state index contributed by atoms with van der Waals surface area (Å²) in [5.41, 5.74) is 0.728. The minimum Gasteiger partial charge on any atom is -0.497 e. The minimum atomic E-state index is -1.54. The van der Waals surface area contributed by atoms with Gasteiger partial charge in [0.25, 0.3) is 0 Å². The summed E-state index contributed by atoms with van der Waals surface area (Å²) in [7, 11) is 4.86. The van der Waals surface area contributed by atoms with Gasteiger partial charge in [0.15, 0.2) is 5.60 Å². The van der Waals surface area contributed by atoms with Crippen LogP contribution in [-0.2, 0) is 23.4 Å². The van der Waals surface area contributed by atoms with Crippen molar-refractivity contribution in [3.05, 3.63) is 119 Å². The summed E-state index contributed by atoms with van der Waals surface area (Å²) in [5, 5.41) is 12.2. The lowest BCUT2D eigenvalue weighted by molar-refractivity contribution is 0.0931. The number of halogens is 1. The van der Waals surface area contributed by atoms with E-state index in [-0.39, 0.29) is 5.82 Å². The Bertz CT molecular complexity index is 1210. The molecule has 0 saturated heterocycles. The predicted molar refractivity (Wildman–Crippen MR) is 139 cm³/mol. The van der Waals surface area contributed by atoms with Crippen LogP contribution in [0.4, 0.5) is 4.39 Å². The number of rotatable bonds is 12. The average molecular weight is 506 g/mol. The lowest BCUT2D eigenvalue weighted by Crippen LogP contribution is -2.28. The summed E-state index contributed by atoms with van der Waals surface area (Å²) in [6, 6.07) is 24.7. The molecular formula is C30H32FNO5. The van der Waals surface area contributed by atoms with Gasteiger partial charge in [0.2, 0.25) is 0 Å². The molecule has 0 saturated carbocycles. The highest BCUT2D eigenvalue weighted by Crippen LogP contribution is 2.39. The Balaban J connectivity index is 1.65. The molecule has 0 fully saturated rings. The minimum absolute atomic E-state index is 0.265. The summed E-state index contributed by atoms with van der Waals surface area (Å²) >= 11 is 0. The van der Waals surface area contributed by atoms with Crippen molar-refractivity contribution in [3.63, 3.8) is 0 Å². The molecule has 3 aromatic carbocycles. The van der Waals surface area contributed by atoms with Gasteiger partial charge in [-0.25, -0.2) is 4.39 Å². The van der Waals surface area contributed by atoms with Crippen molar-refractivity contribution in [2.45, 2.75) is 18.7 Å². The molecule has 1 heterocycles. The molecule has 1 aromatic heterocycles. The number of benzene rings is 3. The zero-order valence-electron chi connectivity index (χ0n) is 21.3. The van der Waals surface area contributed by atoms with Gasteiger partial charge in [-0.05, 0) is 65.2 Å². The number of furan rings is 1. The SMILES string of the molecule is COCCN(Cc1ccc(F)cc1)Cc1ccc(C(O)(c2ccc(OC)cc2)c2ccc(OC)cc2)o1. The normalized spacial score (nSPS) is 11.6. The number of hydrogen-bond acceptors (Lipinski definition) is 6. The van der Waals surface area contributed by atoms with Crippen LogP contribution in [0.3, 0.4) is 0 Å². The summed E-state index contributed by atoms with van der Waals surface area (Å²) in [6.45, 7) is 2.28. The lowest BCUT2D eigenvalue weighted by Gasteiger charge is -2.28. The van der Waals surface area contributed by atoms with Gasteiger partial charge in [-0.15, -0.1) is 0 Å². The molecule has 0 aliphatic rings. The largest absolute Gasteiger partial charge is 0.497 e. The Kier molecular flexibility index (Phi) is 8.61. The molecule has 0 bridgehead atoms. The van der Waals surface area contributed by atoms with Crippen LogP contribution in [0.1, 0.15) is 28.2 Å². The van der Waals surface area contributed by atoms with Gasteiger partial charge >= 0.3 is 0 Å². The standard InChI is InChI=1S/C30H32FNO5/c1-34-19-18-32(20-22-4-10-25(31)11-5-22)21-28-16-17-29(37-28)30(33,23-6-12-26(35-2)13-7-23)24-8-14-27(36-3)15-9-24/h4-17,33H,18-21H2,1-3H3. The molecule has 0 amide bonds. The maximum atomic E-state index is 13.4. The first-order valence-corrected chi connectivity index (χ1v) is 12.0. The first-order chi connectivity index (χ1) is 18.0. The van der Waals surface area contributed by atoms with E-state index in [1.165, 1.54) is 12.1 Å². The first kappa shape index (κ1) is 26.4. The fourth-order valence-corrected chi connectivity index (χ4v) is 4.28. The van der Waals surface area contributed by atoms with E-state index in [9.17, 15) is 9.50 Å². The van der Waals surface area contributed by atoms with Crippen LogP contribution in [0, 0.1) is 5.82 Å². The fourth-order valence-electron chi connectivity index (χ4n) is 4.28. The van der Waals surface area contributed by atoms with E-state index in [0.717, 1.165) is 5.56 Å². The van der Waals surface area contributed by atoms with Gasteiger partial charge in [-0.3, -0.25) is 4.90 Å². The van der Waals surface area contributed by atoms with Gasteiger partial charge in [0.05, 0.1) is 27.4 Å². The third-order valence-corrected chi connectivity index (χ3v) is 6.34. The molecule has 0 unspecified atom stereocenters. The van der Waals surface area contributed by atoms with Gasteiger partial charge in [-0.1, -0.05) is 36.4 Å².